The molecule has 4 N–H and O–H groups in total. The fourth-order valence-corrected chi connectivity index (χ4v) is 4.45. The van der Waals surface area contributed by atoms with Gasteiger partial charge in [-0.2, -0.15) is 18.2 Å². The van der Waals surface area contributed by atoms with E-state index in [2.05, 4.69) is 20.0 Å². The maximum Gasteiger partial charge on any atom is 0.389 e. The Morgan fingerprint density at radius 1 is 1.30 bits per heavy atom. The Morgan fingerprint density at radius 3 is 2.62 bits per heavy atom. The molecular formula is C24H29F5N6OS. The Bertz CT molecular complexity index is 1260. The summed E-state index contributed by atoms with van der Waals surface area (Å²) in [6, 6.07) is 5.41. The molecule has 0 spiro atoms. The van der Waals surface area contributed by atoms with E-state index >= 15 is 0 Å². The van der Waals surface area contributed by atoms with Crippen LogP contribution in [-0.2, 0) is 0 Å². The van der Waals surface area contributed by atoms with Gasteiger partial charge in [-0.1, -0.05) is 18.0 Å². The number of hydrogen-bond acceptors (Lipinski definition) is 7. The van der Waals surface area contributed by atoms with Crippen LogP contribution in [0.4, 0.5) is 33.6 Å². The number of nitrogens with two attached hydrogens (primary N) is 1. The summed E-state index contributed by atoms with van der Waals surface area (Å²) in [6.45, 7) is 5.20. The molecule has 13 heteroatoms. The number of pyridine rings is 1. The highest BCUT2D eigenvalue weighted by molar-refractivity contribution is 8.00. The van der Waals surface area contributed by atoms with Gasteiger partial charge in [0.15, 0.2) is 0 Å². The predicted molar refractivity (Wildman–Crippen MR) is 138 cm³/mol. The lowest BCUT2D eigenvalue weighted by molar-refractivity contribution is -0.129. The first-order chi connectivity index (χ1) is 17.5. The van der Waals surface area contributed by atoms with Crippen molar-refractivity contribution in [3.63, 3.8) is 0 Å². The zero-order valence-corrected chi connectivity index (χ0v) is 21.2. The lowest BCUT2D eigenvalue weighted by atomic mass is 10.0. The number of alkyl halides is 4. The number of nitrogen functional groups attached to an aromatic ring is 1. The van der Waals surface area contributed by atoms with E-state index in [0.717, 1.165) is 37.4 Å². The minimum Gasteiger partial charge on any atom is -0.368 e. The fourth-order valence-electron chi connectivity index (χ4n) is 3.69. The zero-order chi connectivity index (χ0) is 27.2. The second-order valence-electron chi connectivity index (χ2n) is 8.79. The molecule has 7 nitrogen and oxygen atoms in total. The standard InChI is InChI=1S/C19H19F4N5OS.C5H10FN/c1-10(2)28-16-12(9-25-18(24)26-16)7-13(17(28)29)11-3-4-15(14(20)8-11)27-30-6-5-19(21,22)23;6-5-2-1-3-7-4-5/h3-4,7-10,27H,5-6H2,1-2H3,(H2,24,25,26);5,7H,1-4H2. The highest BCUT2D eigenvalue weighted by Gasteiger charge is 2.26. The average molecular weight is 545 g/mol. The van der Waals surface area contributed by atoms with Gasteiger partial charge in [-0.25, -0.2) is 13.8 Å². The van der Waals surface area contributed by atoms with Gasteiger partial charge in [-0.05, 0) is 57.0 Å². The summed E-state index contributed by atoms with van der Waals surface area (Å²) in [5.74, 6) is -0.901. The van der Waals surface area contributed by atoms with Gasteiger partial charge < -0.3 is 15.8 Å². The van der Waals surface area contributed by atoms with Crippen LogP contribution in [0, 0.1) is 5.82 Å². The lowest BCUT2D eigenvalue weighted by Gasteiger charge is -2.16. The SMILES string of the molecule is CC(C)n1c(=O)c(-c2ccc(NSCCC(F)(F)F)c(F)c2)cc2cnc(N)nc21.FC1CCCNC1. The number of aromatic nitrogens is 3. The average Bonchev–Trinajstić information content (AvgIpc) is 2.82. The number of nitrogens with zero attached hydrogens (tertiary/aromatic N) is 3. The van der Waals surface area contributed by atoms with Crippen LogP contribution in [-0.4, -0.2) is 45.7 Å². The minimum absolute atomic E-state index is 0.0343. The van der Waals surface area contributed by atoms with Gasteiger partial charge in [0.25, 0.3) is 5.56 Å². The third-order valence-electron chi connectivity index (χ3n) is 5.49. The summed E-state index contributed by atoms with van der Waals surface area (Å²) in [4.78, 5) is 21.1. The molecule has 202 valence electrons. The van der Waals surface area contributed by atoms with Crippen LogP contribution in [0.5, 0.6) is 0 Å². The van der Waals surface area contributed by atoms with E-state index in [4.69, 9.17) is 5.73 Å². The van der Waals surface area contributed by atoms with Gasteiger partial charge in [-0.15, -0.1) is 0 Å². The number of benzene rings is 1. The number of anilines is 2. The Hall–Kier alpha value is -2.93. The maximum atomic E-state index is 14.5. The Labute approximate surface area is 215 Å². The van der Waals surface area contributed by atoms with E-state index in [9.17, 15) is 26.7 Å². The van der Waals surface area contributed by atoms with Crippen LogP contribution >= 0.6 is 11.9 Å². The third kappa shape index (κ3) is 8.03. The summed E-state index contributed by atoms with van der Waals surface area (Å²) in [5.41, 5.74) is 6.27. The van der Waals surface area contributed by atoms with Crippen molar-refractivity contribution in [3.05, 3.63) is 46.6 Å². The fraction of sp³-hybridized carbons (Fsp3) is 0.458. The second kappa shape index (κ2) is 12.5. The molecule has 1 unspecified atom stereocenters. The largest absolute Gasteiger partial charge is 0.389 e. The maximum absolute atomic E-state index is 14.5. The quantitative estimate of drug-likeness (QED) is 0.215. The summed E-state index contributed by atoms with van der Waals surface area (Å²) in [6.07, 6.45) is -2.58. The molecule has 0 saturated carbocycles. The van der Waals surface area contributed by atoms with Crippen LogP contribution in [0.15, 0.2) is 35.3 Å². The molecule has 0 bridgehead atoms. The topological polar surface area (TPSA) is 97.9 Å². The number of nitrogens with one attached hydrogen (secondary N) is 2. The van der Waals surface area contributed by atoms with Gasteiger partial charge in [0, 0.05) is 35.5 Å². The van der Waals surface area contributed by atoms with Crippen molar-refractivity contribution < 1.29 is 22.0 Å². The smallest absolute Gasteiger partial charge is 0.368 e. The third-order valence-corrected chi connectivity index (χ3v) is 6.27. The normalized spacial score (nSPS) is 15.9. The Balaban J connectivity index is 0.000000468. The van der Waals surface area contributed by atoms with Gasteiger partial charge in [0.2, 0.25) is 5.95 Å². The van der Waals surface area contributed by atoms with E-state index in [-0.39, 0.29) is 34.6 Å². The molecule has 2 aromatic heterocycles. The first-order valence-electron chi connectivity index (χ1n) is 11.7. The predicted octanol–water partition coefficient (Wildman–Crippen LogP) is 5.48. The zero-order valence-electron chi connectivity index (χ0n) is 20.4. The van der Waals surface area contributed by atoms with Crippen molar-refractivity contribution in [2.75, 3.05) is 29.3 Å². The van der Waals surface area contributed by atoms with Crippen LogP contribution < -0.4 is 21.3 Å². The molecule has 1 aliphatic rings. The summed E-state index contributed by atoms with van der Waals surface area (Å²) in [7, 11) is 0. The number of rotatable bonds is 6. The van der Waals surface area contributed by atoms with Gasteiger partial charge >= 0.3 is 6.18 Å². The molecular weight excluding hydrogens is 515 g/mol. The van der Waals surface area contributed by atoms with Crippen molar-refractivity contribution in [3.8, 4) is 11.1 Å². The van der Waals surface area contributed by atoms with Gasteiger partial charge in [0.05, 0.1) is 12.1 Å². The number of fused-ring (bicyclic) bond motifs is 1. The Morgan fingerprint density at radius 2 is 2.05 bits per heavy atom. The molecule has 3 aromatic rings. The van der Waals surface area contributed by atoms with Gasteiger partial charge in [-0.3, -0.25) is 9.36 Å². The second-order valence-corrected chi connectivity index (χ2v) is 9.69. The minimum atomic E-state index is -4.27. The Kier molecular flexibility index (Phi) is 9.71. The molecule has 1 atom stereocenters. The molecule has 37 heavy (non-hydrogen) atoms. The summed E-state index contributed by atoms with van der Waals surface area (Å²) in [5, 5.41) is 3.53. The highest BCUT2D eigenvalue weighted by atomic mass is 32.2. The van der Waals surface area contributed by atoms with Crippen LogP contribution in [0.3, 0.4) is 0 Å². The van der Waals surface area contributed by atoms with Crippen molar-refractivity contribution >= 4 is 34.6 Å². The van der Waals surface area contributed by atoms with Crippen LogP contribution in [0.2, 0.25) is 0 Å². The molecule has 0 aliphatic carbocycles. The van der Waals surface area contributed by atoms with Crippen molar-refractivity contribution in [2.45, 2.75) is 51.5 Å². The summed E-state index contributed by atoms with van der Waals surface area (Å²) >= 11 is 0.758. The van der Waals surface area contributed by atoms with Crippen molar-refractivity contribution in [2.24, 2.45) is 0 Å². The molecule has 1 aromatic carbocycles. The molecule has 0 amide bonds. The van der Waals surface area contributed by atoms with Crippen molar-refractivity contribution in [1.29, 1.82) is 0 Å². The van der Waals surface area contributed by atoms with E-state index in [0.29, 0.717) is 23.1 Å². The first kappa shape index (κ1) is 28.6. The van der Waals surface area contributed by atoms with Crippen molar-refractivity contribution in [1.82, 2.24) is 19.9 Å². The number of hydrogen-bond donors (Lipinski definition) is 3. The molecule has 4 rings (SSSR count). The molecule has 1 aliphatic heterocycles. The number of halogens is 5. The van der Waals surface area contributed by atoms with E-state index in [1.165, 1.54) is 22.9 Å². The van der Waals surface area contributed by atoms with E-state index in [1.807, 2.05) is 13.8 Å². The number of piperidine rings is 1. The molecule has 3 heterocycles. The summed E-state index contributed by atoms with van der Waals surface area (Å²) < 4.78 is 67.3. The molecule has 1 saturated heterocycles. The molecule has 1 fully saturated rings. The van der Waals surface area contributed by atoms with E-state index in [1.54, 1.807) is 6.07 Å². The van der Waals surface area contributed by atoms with Gasteiger partial charge in [0.1, 0.15) is 17.6 Å². The first-order valence-corrected chi connectivity index (χ1v) is 12.7. The molecule has 0 radical (unpaired) electrons. The highest BCUT2D eigenvalue weighted by Crippen LogP contribution is 2.28. The monoisotopic (exact) mass is 544 g/mol. The van der Waals surface area contributed by atoms with Crippen LogP contribution in [0.1, 0.15) is 39.2 Å². The van der Waals surface area contributed by atoms with E-state index < -0.39 is 24.6 Å². The van der Waals surface area contributed by atoms with Crippen LogP contribution in [0.25, 0.3) is 22.2 Å². The lowest BCUT2D eigenvalue weighted by Crippen LogP contribution is -2.30.